The Morgan fingerprint density at radius 1 is 0.839 bits per heavy atom. The fraction of sp³-hybridized carbons (Fsp3) is 0.295. The second kappa shape index (κ2) is 22.1. The van der Waals surface area contributed by atoms with Gasteiger partial charge in [0.2, 0.25) is 0 Å². The molecule has 18 heteroatoms. The van der Waals surface area contributed by atoms with Gasteiger partial charge in [-0.05, 0) is 67.1 Å². The smallest absolute Gasteiger partial charge is 0.324 e. The van der Waals surface area contributed by atoms with Crippen LogP contribution in [0.1, 0.15) is 37.7 Å². The number of aromatic nitrogens is 5. The number of methoxy groups -OCH3 is 1. The first kappa shape index (κ1) is 46.2. The monoisotopic (exact) mass is 851 g/mol. The molecule has 1 aliphatic rings. The van der Waals surface area contributed by atoms with Crippen LogP contribution in [0.5, 0.6) is 17.2 Å². The number of rotatable bonds is 13. The van der Waals surface area contributed by atoms with Gasteiger partial charge < -0.3 is 35.7 Å². The number of H-pyrrole nitrogens is 1. The lowest BCUT2D eigenvalue weighted by atomic mass is 9.92. The van der Waals surface area contributed by atoms with E-state index >= 15 is 0 Å². The maximum Gasteiger partial charge on any atom is 0.324 e. The third kappa shape index (κ3) is 13.8. The molecule has 17 nitrogen and oxygen atoms in total. The summed E-state index contributed by atoms with van der Waals surface area (Å²) in [6, 6.07) is 25.5. The van der Waals surface area contributed by atoms with Gasteiger partial charge in [0.1, 0.15) is 28.9 Å². The molecule has 7 rings (SSSR count). The number of benzene rings is 3. The molecule has 1 aliphatic heterocycles. The molecule has 0 saturated carbocycles. The molecule has 1 saturated heterocycles. The Morgan fingerprint density at radius 3 is 2.24 bits per heavy atom. The van der Waals surface area contributed by atoms with Crippen molar-refractivity contribution in [3.8, 4) is 22.9 Å². The molecule has 0 atom stereocenters. The van der Waals surface area contributed by atoms with E-state index in [0.717, 1.165) is 55.5 Å². The Morgan fingerprint density at radius 2 is 1.56 bits per heavy atom. The minimum absolute atomic E-state index is 0. The number of hydrogen-bond donors (Lipinski definition) is 6. The van der Waals surface area contributed by atoms with Gasteiger partial charge in [0.05, 0.1) is 51.1 Å². The molecule has 0 unspecified atom stereocenters. The molecule has 0 spiro atoms. The number of hydrogen-bond acceptors (Lipinski definition) is 11. The number of ether oxygens (including phenoxy) is 4. The van der Waals surface area contributed by atoms with Gasteiger partial charge in [-0.1, -0.05) is 32.9 Å². The minimum atomic E-state index is -0.577. The topological polar surface area (TPSA) is 217 Å². The van der Waals surface area contributed by atoms with E-state index in [1.54, 1.807) is 65.6 Å². The van der Waals surface area contributed by atoms with Crippen molar-refractivity contribution in [1.29, 1.82) is 0 Å². The van der Waals surface area contributed by atoms with Crippen molar-refractivity contribution in [2.75, 3.05) is 67.8 Å². The molecule has 4 amide bonds. The summed E-state index contributed by atoms with van der Waals surface area (Å²) in [6.07, 6.45) is 3.35. The van der Waals surface area contributed by atoms with Gasteiger partial charge in [0, 0.05) is 72.6 Å². The number of anilines is 4. The zero-order valence-corrected chi connectivity index (χ0v) is 35.5. The number of pyridine rings is 1. The van der Waals surface area contributed by atoms with Crippen molar-refractivity contribution in [3.63, 3.8) is 0 Å². The average Bonchev–Trinajstić information content (AvgIpc) is 3.92. The highest BCUT2D eigenvalue weighted by Gasteiger charge is 2.18. The van der Waals surface area contributed by atoms with Crippen LogP contribution in [0.3, 0.4) is 0 Å². The van der Waals surface area contributed by atoms with Gasteiger partial charge in [0.15, 0.2) is 5.82 Å². The van der Waals surface area contributed by atoms with E-state index in [1.807, 2.05) is 58.0 Å². The van der Waals surface area contributed by atoms with Crippen LogP contribution in [0.25, 0.3) is 5.69 Å². The SMILES string of the molecule is COc1ccc(NC(=O)Nc2cc(C(C)(C)C)[nH]n2)c(F)c1.Cc1cc(Oc2ccc(NC(=O)Nc3ccnn3-c3ccc(COCCN4CCOCC4)cc3)cc2)ccn1.N. The van der Waals surface area contributed by atoms with Crippen LogP contribution < -0.4 is 36.9 Å². The van der Waals surface area contributed by atoms with Crippen LogP contribution in [0.4, 0.5) is 37.0 Å². The number of halogens is 1. The maximum absolute atomic E-state index is 13.8. The second-order valence-corrected chi connectivity index (χ2v) is 15.0. The zero-order chi connectivity index (χ0) is 43.2. The number of aryl methyl sites for hydroxylation is 1. The van der Waals surface area contributed by atoms with Gasteiger partial charge in [0.25, 0.3) is 0 Å². The number of amides is 4. The van der Waals surface area contributed by atoms with E-state index in [0.29, 0.717) is 47.8 Å². The Hall–Kier alpha value is -6.86. The van der Waals surface area contributed by atoms with Crippen LogP contribution in [-0.4, -0.2) is 88.5 Å². The van der Waals surface area contributed by atoms with E-state index in [2.05, 4.69) is 46.4 Å². The summed E-state index contributed by atoms with van der Waals surface area (Å²) in [4.78, 5) is 31.1. The molecule has 3 aromatic heterocycles. The van der Waals surface area contributed by atoms with Crippen molar-refractivity contribution in [3.05, 3.63) is 126 Å². The van der Waals surface area contributed by atoms with Crippen molar-refractivity contribution in [1.82, 2.24) is 36.0 Å². The summed E-state index contributed by atoms with van der Waals surface area (Å²) in [7, 11) is 1.44. The Kier molecular flexibility index (Phi) is 16.5. The number of carbonyl (C=O) groups is 2. The van der Waals surface area contributed by atoms with E-state index in [9.17, 15) is 14.0 Å². The number of aromatic amines is 1. The highest BCUT2D eigenvalue weighted by Crippen LogP contribution is 2.25. The van der Waals surface area contributed by atoms with Crippen LogP contribution >= 0.6 is 0 Å². The van der Waals surface area contributed by atoms with Crippen LogP contribution in [0.2, 0.25) is 0 Å². The Bertz CT molecular complexity index is 2340. The fourth-order valence-electron chi connectivity index (χ4n) is 5.91. The molecule has 0 bridgehead atoms. The van der Waals surface area contributed by atoms with Crippen molar-refractivity contribution >= 4 is 35.1 Å². The van der Waals surface area contributed by atoms with E-state index in [1.165, 1.54) is 19.2 Å². The van der Waals surface area contributed by atoms with Crippen LogP contribution in [0, 0.1) is 12.7 Å². The molecular weight excluding hydrogens is 798 g/mol. The molecule has 4 heterocycles. The zero-order valence-electron chi connectivity index (χ0n) is 35.5. The average molecular weight is 852 g/mol. The van der Waals surface area contributed by atoms with E-state index in [4.69, 9.17) is 18.9 Å². The Labute approximate surface area is 359 Å². The normalized spacial score (nSPS) is 12.5. The molecule has 62 heavy (non-hydrogen) atoms. The van der Waals surface area contributed by atoms with Crippen LogP contribution in [-0.2, 0) is 21.5 Å². The minimum Gasteiger partial charge on any atom is -0.497 e. The molecular formula is C44H54FN11O6. The van der Waals surface area contributed by atoms with E-state index in [-0.39, 0.29) is 23.3 Å². The van der Waals surface area contributed by atoms with Crippen LogP contribution in [0.15, 0.2) is 103 Å². The maximum atomic E-state index is 13.8. The number of nitrogens with zero attached hydrogens (tertiary/aromatic N) is 5. The predicted molar refractivity (Wildman–Crippen MR) is 237 cm³/mol. The van der Waals surface area contributed by atoms with Gasteiger partial charge in [-0.15, -0.1) is 0 Å². The molecule has 8 N–H and O–H groups in total. The first-order valence-corrected chi connectivity index (χ1v) is 19.7. The third-order valence-corrected chi connectivity index (χ3v) is 9.26. The number of carbonyl (C=O) groups excluding carboxylic acids is 2. The molecule has 3 aromatic carbocycles. The quantitative estimate of drug-likeness (QED) is 0.0605. The van der Waals surface area contributed by atoms with Gasteiger partial charge in [-0.2, -0.15) is 10.2 Å². The van der Waals surface area contributed by atoms with Gasteiger partial charge in [-0.3, -0.25) is 25.6 Å². The van der Waals surface area contributed by atoms with Crippen molar-refractivity contribution in [2.45, 2.75) is 39.7 Å². The van der Waals surface area contributed by atoms with Gasteiger partial charge >= 0.3 is 12.1 Å². The molecule has 0 aliphatic carbocycles. The molecule has 0 radical (unpaired) electrons. The predicted octanol–water partition coefficient (Wildman–Crippen LogP) is 8.52. The lowest BCUT2D eigenvalue weighted by Crippen LogP contribution is -2.38. The largest absolute Gasteiger partial charge is 0.497 e. The number of morpholine rings is 1. The summed E-state index contributed by atoms with van der Waals surface area (Å²) in [5.74, 6) is 2.10. The highest BCUT2D eigenvalue weighted by molar-refractivity contribution is 6.00. The lowest BCUT2D eigenvalue weighted by Gasteiger charge is -2.26. The third-order valence-electron chi connectivity index (χ3n) is 9.26. The van der Waals surface area contributed by atoms with E-state index < -0.39 is 11.8 Å². The Balaban J connectivity index is 0.000000269. The summed E-state index contributed by atoms with van der Waals surface area (Å²) in [5, 5.41) is 21.9. The molecule has 1 fully saturated rings. The first-order valence-electron chi connectivity index (χ1n) is 19.7. The number of nitrogens with one attached hydrogen (secondary N) is 5. The van der Waals surface area contributed by atoms with Crippen molar-refractivity contribution < 1.29 is 32.9 Å². The first-order chi connectivity index (χ1) is 29.4. The standard InChI is InChI=1S/C29H32N6O4.C15H19FN4O2.H3N/c1-22-20-27(10-12-30-22)39-26-8-4-24(5-9-26)32-29(36)33-28-11-13-31-35(28)25-6-2-23(3-7-25)21-38-19-16-34-14-17-37-18-15-34;1-15(2,3)12-8-13(20-19-12)18-14(21)17-11-6-5-9(22-4)7-10(11)16;/h2-13,20H,14-19,21H2,1H3,(H2,32,33,36);5-8H,1-4H3,(H3,17,18,19,20,21);1H3. The summed E-state index contributed by atoms with van der Waals surface area (Å²) in [5.41, 5.74) is 4.26. The highest BCUT2D eigenvalue weighted by atomic mass is 19.1. The lowest BCUT2D eigenvalue weighted by molar-refractivity contribution is 0.0180. The second-order valence-electron chi connectivity index (χ2n) is 15.0. The fourth-order valence-corrected chi connectivity index (χ4v) is 5.91. The van der Waals surface area contributed by atoms with Crippen molar-refractivity contribution in [2.24, 2.45) is 0 Å². The summed E-state index contributed by atoms with van der Waals surface area (Å²) in [6.45, 7) is 13.6. The number of urea groups is 2. The summed E-state index contributed by atoms with van der Waals surface area (Å²) < 4.78 is 37.4. The van der Waals surface area contributed by atoms with Gasteiger partial charge in [-0.25, -0.2) is 18.7 Å². The molecule has 328 valence electrons. The molecule has 6 aromatic rings. The summed E-state index contributed by atoms with van der Waals surface area (Å²) >= 11 is 0.